The van der Waals surface area contributed by atoms with Gasteiger partial charge in [0.05, 0.1) is 12.7 Å². The van der Waals surface area contributed by atoms with Crippen LogP contribution in [0.3, 0.4) is 0 Å². The van der Waals surface area contributed by atoms with Crippen molar-refractivity contribution in [2.45, 2.75) is 44.8 Å². The molecular formula is C13H17BrO2. The van der Waals surface area contributed by atoms with Gasteiger partial charge in [-0.05, 0) is 37.8 Å². The minimum Gasteiger partial charge on any atom is -0.490 e. The van der Waals surface area contributed by atoms with Crippen molar-refractivity contribution in [2.24, 2.45) is 0 Å². The van der Waals surface area contributed by atoms with Gasteiger partial charge in [-0.15, -0.1) is 0 Å². The van der Waals surface area contributed by atoms with Gasteiger partial charge in [-0.25, -0.2) is 0 Å². The van der Waals surface area contributed by atoms with Crippen molar-refractivity contribution in [3.63, 3.8) is 0 Å². The number of ether oxygens (including phenoxy) is 1. The molecule has 1 fully saturated rings. The van der Waals surface area contributed by atoms with Crippen LogP contribution >= 0.6 is 15.9 Å². The molecule has 0 spiro atoms. The second kappa shape index (κ2) is 5.69. The molecule has 0 aliphatic heterocycles. The second-order valence-electron chi connectivity index (χ2n) is 4.29. The third kappa shape index (κ3) is 2.98. The van der Waals surface area contributed by atoms with E-state index >= 15 is 0 Å². The first-order valence-electron chi connectivity index (χ1n) is 5.85. The molecule has 0 aromatic heterocycles. The molecule has 0 amide bonds. The smallest absolute Gasteiger partial charge is 0.126 e. The first-order valence-corrected chi connectivity index (χ1v) is 6.65. The number of aliphatic hydroxyl groups excluding tert-OH is 1. The van der Waals surface area contributed by atoms with Gasteiger partial charge in [-0.3, -0.25) is 0 Å². The Morgan fingerprint density at radius 1 is 1.25 bits per heavy atom. The molecule has 0 heterocycles. The molecule has 1 N–H and O–H groups in total. The number of hydrogen-bond donors (Lipinski definition) is 1. The summed E-state index contributed by atoms with van der Waals surface area (Å²) in [7, 11) is 0. The van der Waals surface area contributed by atoms with Crippen molar-refractivity contribution in [1.29, 1.82) is 0 Å². The summed E-state index contributed by atoms with van der Waals surface area (Å²) in [4.78, 5) is 0. The Morgan fingerprint density at radius 2 is 2.00 bits per heavy atom. The van der Waals surface area contributed by atoms with Crippen LogP contribution in [0.15, 0.2) is 22.7 Å². The van der Waals surface area contributed by atoms with E-state index in [-0.39, 0.29) is 6.61 Å². The first-order chi connectivity index (χ1) is 7.79. The van der Waals surface area contributed by atoms with Crippen LogP contribution in [0.1, 0.15) is 37.7 Å². The number of hydrogen-bond acceptors (Lipinski definition) is 2. The van der Waals surface area contributed by atoms with Crippen molar-refractivity contribution in [3.05, 3.63) is 28.2 Å². The zero-order valence-electron chi connectivity index (χ0n) is 9.29. The topological polar surface area (TPSA) is 29.5 Å². The fourth-order valence-corrected chi connectivity index (χ4v) is 2.47. The van der Waals surface area contributed by atoms with Crippen LogP contribution in [0, 0.1) is 0 Å². The summed E-state index contributed by atoms with van der Waals surface area (Å²) in [5, 5.41) is 9.24. The van der Waals surface area contributed by atoms with Gasteiger partial charge in [0, 0.05) is 10.0 Å². The van der Waals surface area contributed by atoms with Crippen LogP contribution in [0.4, 0.5) is 0 Å². The lowest BCUT2D eigenvalue weighted by Crippen LogP contribution is -2.20. The van der Waals surface area contributed by atoms with E-state index in [0.29, 0.717) is 6.10 Å². The maximum Gasteiger partial charge on any atom is 0.126 e. The zero-order valence-corrected chi connectivity index (χ0v) is 10.9. The molecule has 0 atom stereocenters. The summed E-state index contributed by atoms with van der Waals surface area (Å²) < 4.78 is 6.96. The molecule has 0 saturated heterocycles. The first kappa shape index (κ1) is 11.9. The Bertz CT molecular complexity index is 346. The largest absolute Gasteiger partial charge is 0.490 e. The Morgan fingerprint density at radius 3 is 2.69 bits per heavy atom. The van der Waals surface area contributed by atoms with Crippen molar-refractivity contribution in [2.75, 3.05) is 0 Å². The van der Waals surface area contributed by atoms with Crippen LogP contribution in [-0.2, 0) is 6.61 Å². The predicted molar refractivity (Wildman–Crippen MR) is 67.6 cm³/mol. The molecule has 1 aromatic rings. The molecule has 1 saturated carbocycles. The maximum absolute atomic E-state index is 9.24. The fourth-order valence-electron chi connectivity index (χ4n) is 2.13. The van der Waals surface area contributed by atoms with Crippen molar-refractivity contribution < 1.29 is 9.84 Å². The quantitative estimate of drug-likeness (QED) is 0.918. The molecular weight excluding hydrogens is 268 g/mol. The lowest BCUT2D eigenvalue weighted by Gasteiger charge is -2.24. The molecule has 88 valence electrons. The number of halogens is 1. The lowest BCUT2D eigenvalue weighted by atomic mass is 9.98. The highest BCUT2D eigenvalue weighted by Crippen LogP contribution is 2.28. The Hall–Kier alpha value is -0.540. The minimum atomic E-state index is 0.0370. The van der Waals surface area contributed by atoms with Gasteiger partial charge in [0.15, 0.2) is 0 Å². The molecule has 16 heavy (non-hydrogen) atoms. The van der Waals surface area contributed by atoms with Crippen LogP contribution in [-0.4, -0.2) is 11.2 Å². The van der Waals surface area contributed by atoms with Gasteiger partial charge < -0.3 is 9.84 Å². The standard InChI is InChI=1S/C13H17BrO2/c14-11-7-6-10(9-15)13(8-11)16-12-4-2-1-3-5-12/h6-8,12,15H,1-5,9H2. The average molecular weight is 285 g/mol. The summed E-state index contributed by atoms with van der Waals surface area (Å²) in [6.45, 7) is 0.0370. The lowest BCUT2D eigenvalue weighted by molar-refractivity contribution is 0.150. The summed E-state index contributed by atoms with van der Waals surface area (Å²) in [5.74, 6) is 0.823. The highest BCUT2D eigenvalue weighted by molar-refractivity contribution is 9.10. The van der Waals surface area contributed by atoms with E-state index in [1.54, 1.807) is 0 Å². The van der Waals surface area contributed by atoms with E-state index in [0.717, 1.165) is 28.6 Å². The second-order valence-corrected chi connectivity index (χ2v) is 5.20. The molecule has 2 nitrogen and oxygen atoms in total. The van der Waals surface area contributed by atoms with E-state index < -0.39 is 0 Å². The minimum absolute atomic E-state index is 0.0370. The molecule has 0 unspecified atom stereocenters. The number of benzene rings is 1. The molecule has 0 bridgehead atoms. The molecule has 1 aliphatic carbocycles. The van der Waals surface area contributed by atoms with Crippen LogP contribution in [0.25, 0.3) is 0 Å². The Kier molecular flexibility index (Phi) is 4.24. The Labute approximate surface area is 105 Å². The highest BCUT2D eigenvalue weighted by Gasteiger charge is 2.16. The monoisotopic (exact) mass is 284 g/mol. The van der Waals surface area contributed by atoms with E-state index in [1.165, 1.54) is 19.3 Å². The fraction of sp³-hybridized carbons (Fsp3) is 0.538. The van der Waals surface area contributed by atoms with Crippen LogP contribution < -0.4 is 4.74 Å². The molecule has 1 aromatic carbocycles. The van der Waals surface area contributed by atoms with Crippen molar-refractivity contribution in [3.8, 4) is 5.75 Å². The van der Waals surface area contributed by atoms with E-state index in [2.05, 4.69) is 15.9 Å². The van der Waals surface area contributed by atoms with E-state index in [9.17, 15) is 5.11 Å². The average Bonchev–Trinajstić information content (AvgIpc) is 2.31. The van der Waals surface area contributed by atoms with Crippen LogP contribution in [0.2, 0.25) is 0 Å². The van der Waals surface area contributed by atoms with E-state index in [1.807, 2.05) is 18.2 Å². The highest BCUT2D eigenvalue weighted by atomic mass is 79.9. The third-order valence-electron chi connectivity index (χ3n) is 3.05. The molecule has 3 heteroatoms. The van der Waals surface area contributed by atoms with Crippen molar-refractivity contribution in [1.82, 2.24) is 0 Å². The van der Waals surface area contributed by atoms with E-state index in [4.69, 9.17) is 4.74 Å². The summed E-state index contributed by atoms with van der Waals surface area (Å²) in [5.41, 5.74) is 0.869. The number of aliphatic hydroxyl groups is 1. The summed E-state index contributed by atoms with van der Waals surface area (Å²) in [6, 6.07) is 5.78. The SMILES string of the molecule is OCc1ccc(Br)cc1OC1CCCCC1. The van der Waals surface area contributed by atoms with Gasteiger partial charge in [-0.1, -0.05) is 28.4 Å². The van der Waals surface area contributed by atoms with Gasteiger partial charge >= 0.3 is 0 Å². The van der Waals surface area contributed by atoms with Gasteiger partial charge in [-0.2, -0.15) is 0 Å². The molecule has 2 rings (SSSR count). The molecule has 0 radical (unpaired) electrons. The summed E-state index contributed by atoms with van der Waals surface area (Å²) >= 11 is 3.43. The third-order valence-corrected chi connectivity index (χ3v) is 3.54. The van der Waals surface area contributed by atoms with Gasteiger partial charge in [0.25, 0.3) is 0 Å². The molecule has 1 aliphatic rings. The van der Waals surface area contributed by atoms with Gasteiger partial charge in [0.2, 0.25) is 0 Å². The normalized spacial score (nSPS) is 17.4. The predicted octanol–water partition coefficient (Wildman–Crippen LogP) is 3.65. The van der Waals surface area contributed by atoms with Crippen LogP contribution in [0.5, 0.6) is 5.75 Å². The Balaban J connectivity index is 2.09. The van der Waals surface area contributed by atoms with Gasteiger partial charge in [0.1, 0.15) is 5.75 Å². The zero-order chi connectivity index (χ0) is 11.4. The number of rotatable bonds is 3. The summed E-state index contributed by atoms with van der Waals surface area (Å²) in [6.07, 6.45) is 6.44. The maximum atomic E-state index is 9.24. The van der Waals surface area contributed by atoms with Crippen molar-refractivity contribution >= 4 is 15.9 Å².